The van der Waals surface area contributed by atoms with Crippen molar-refractivity contribution in [1.82, 2.24) is 15.3 Å². The zero-order valence-electron chi connectivity index (χ0n) is 25.7. The van der Waals surface area contributed by atoms with Gasteiger partial charge < -0.3 is 5.11 Å². The highest BCUT2D eigenvalue weighted by Crippen LogP contribution is 2.64. The van der Waals surface area contributed by atoms with E-state index in [2.05, 4.69) is 15.7 Å². The number of hydrazine groups is 1. The van der Waals surface area contributed by atoms with Crippen LogP contribution in [0.1, 0.15) is 35.4 Å². The van der Waals surface area contributed by atoms with Crippen molar-refractivity contribution in [3.05, 3.63) is 111 Å². The lowest BCUT2D eigenvalue weighted by Gasteiger charge is -2.51. The highest BCUT2D eigenvalue weighted by Gasteiger charge is 2.70. The van der Waals surface area contributed by atoms with Gasteiger partial charge in [0.25, 0.3) is 11.8 Å². The van der Waals surface area contributed by atoms with Crippen molar-refractivity contribution in [3.8, 4) is 5.75 Å². The van der Waals surface area contributed by atoms with Crippen LogP contribution in [-0.4, -0.2) is 38.7 Å². The summed E-state index contributed by atoms with van der Waals surface area (Å²) in [5.41, 5.74) is 1.51. The molecule has 3 N–H and O–H groups in total. The van der Waals surface area contributed by atoms with E-state index in [1.54, 1.807) is 54.6 Å². The number of nitrogens with zero attached hydrogens (tertiary/aromatic N) is 2. The topological polar surface area (TPSA) is 129 Å². The number of aromatic nitrogens is 1. The summed E-state index contributed by atoms with van der Waals surface area (Å²) in [5.74, 6) is -6.82. The second-order valence-corrected chi connectivity index (χ2v) is 13.8. The number of rotatable bonds is 4. The lowest BCUT2D eigenvalue weighted by molar-refractivity contribution is -0.139. The molecule has 6 atom stereocenters. The monoisotopic (exact) mass is 720 g/mol. The Bertz CT molecular complexity index is 2190. The van der Waals surface area contributed by atoms with Gasteiger partial charge in [0, 0.05) is 22.5 Å². The van der Waals surface area contributed by atoms with Crippen molar-refractivity contribution in [3.63, 3.8) is 0 Å². The third-order valence-electron chi connectivity index (χ3n) is 10.6. The van der Waals surface area contributed by atoms with E-state index in [0.717, 1.165) is 5.01 Å². The van der Waals surface area contributed by atoms with Crippen LogP contribution in [0, 0.1) is 23.7 Å². The number of imide groups is 2. The highest BCUT2D eigenvalue weighted by molar-refractivity contribution is 6.33. The number of aromatic hydroxyl groups is 1. The van der Waals surface area contributed by atoms with Gasteiger partial charge in [-0.15, -0.1) is 0 Å². The Labute approximate surface area is 292 Å². The number of halogens is 5. The Kier molecular flexibility index (Phi) is 7.29. The van der Waals surface area contributed by atoms with Gasteiger partial charge in [0.05, 0.1) is 33.8 Å². The predicted molar refractivity (Wildman–Crippen MR) is 176 cm³/mol. The number of pyridine rings is 1. The third-order valence-corrected chi connectivity index (χ3v) is 11.2. The van der Waals surface area contributed by atoms with Crippen LogP contribution in [0.2, 0.25) is 10.0 Å². The van der Waals surface area contributed by atoms with E-state index in [4.69, 9.17) is 23.2 Å². The Morgan fingerprint density at radius 1 is 0.940 bits per heavy atom. The fourth-order valence-corrected chi connectivity index (χ4v) is 8.93. The quantitative estimate of drug-likeness (QED) is 0.161. The SMILES string of the molecule is O=C1NC(=O)[C@H]2CC=C3[C@@H](C[C@H]4C(=O)N(Nc5ncc(C(F)(F)F)cc5Cl)C(=O)[C@@]4(c4ccc(Cl)cc4)[C@H]3c3ccc(O)c4ccccc34)[C@@H]12. The summed E-state index contributed by atoms with van der Waals surface area (Å²) in [6, 6.07) is 17.4. The van der Waals surface area contributed by atoms with E-state index in [0.29, 0.717) is 44.8 Å². The Hall–Kier alpha value is -4.94. The molecule has 3 heterocycles. The molecule has 1 saturated carbocycles. The molecule has 0 bridgehead atoms. The summed E-state index contributed by atoms with van der Waals surface area (Å²) in [4.78, 5) is 60.0. The maximum absolute atomic E-state index is 15.3. The number of amides is 4. The Morgan fingerprint density at radius 2 is 1.66 bits per heavy atom. The summed E-state index contributed by atoms with van der Waals surface area (Å²) in [7, 11) is 0. The van der Waals surface area contributed by atoms with E-state index < -0.39 is 75.4 Å². The van der Waals surface area contributed by atoms with Gasteiger partial charge in [0.2, 0.25) is 11.8 Å². The van der Waals surface area contributed by atoms with E-state index in [9.17, 15) is 32.7 Å². The maximum Gasteiger partial charge on any atom is 0.417 e. The zero-order chi connectivity index (χ0) is 35.3. The van der Waals surface area contributed by atoms with E-state index in [1.165, 1.54) is 6.07 Å². The van der Waals surface area contributed by atoms with E-state index in [1.807, 2.05) is 6.08 Å². The van der Waals surface area contributed by atoms with Crippen LogP contribution in [0.4, 0.5) is 19.0 Å². The molecule has 0 radical (unpaired) electrons. The number of hydrogen-bond donors (Lipinski definition) is 3. The molecule has 0 unspecified atom stereocenters. The van der Waals surface area contributed by atoms with Crippen molar-refractivity contribution in [2.75, 3.05) is 5.43 Å². The summed E-state index contributed by atoms with van der Waals surface area (Å²) in [5, 5.41) is 15.0. The second kappa shape index (κ2) is 11.3. The second-order valence-electron chi connectivity index (χ2n) is 13.0. The number of nitrogens with one attached hydrogen (secondary N) is 2. The number of phenols is 1. The minimum Gasteiger partial charge on any atom is -0.507 e. The molecule has 0 spiro atoms. The largest absolute Gasteiger partial charge is 0.507 e. The van der Waals surface area contributed by atoms with Crippen LogP contribution in [0.5, 0.6) is 5.75 Å². The van der Waals surface area contributed by atoms with Crippen LogP contribution in [0.3, 0.4) is 0 Å². The standard InChI is InChI=1S/C36H25Cl2F3N4O5/c37-18-7-5-16(6-8-18)35-25(33(49)45(34(35)50)44-30-26(38)13-17(15-42-30)36(39,40)41)14-24-22(9-10-23-28(24)32(48)43-31(23)47)29(35)21-11-12-27(46)20-4-2-1-3-19(20)21/h1-9,11-13,15,23-25,28-29,46H,10,14H2,(H,42,44)(H,43,47,48)/t23-,24+,25-,28-,29-,35+/m0/s1. The van der Waals surface area contributed by atoms with Crippen LogP contribution in [0.25, 0.3) is 10.8 Å². The molecule has 254 valence electrons. The molecule has 4 amide bonds. The number of carbonyl (C=O) groups is 4. The van der Waals surface area contributed by atoms with Gasteiger partial charge >= 0.3 is 6.18 Å². The smallest absolute Gasteiger partial charge is 0.417 e. The molecule has 50 heavy (non-hydrogen) atoms. The Balaban J connectivity index is 1.38. The van der Waals surface area contributed by atoms with Crippen molar-refractivity contribution < 1.29 is 37.5 Å². The first-order valence-electron chi connectivity index (χ1n) is 15.7. The zero-order valence-corrected chi connectivity index (χ0v) is 27.2. The average Bonchev–Trinajstić information content (AvgIpc) is 3.49. The van der Waals surface area contributed by atoms with Crippen LogP contribution < -0.4 is 10.7 Å². The predicted octanol–water partition coefficient (Wildman–Crippen LogP) is 6.54. The van der Waals surface area contributed by atoms with Crippen molar-refractivity contribution >= 4 is 63.4 Å². The van der Waals surface area contributed by atoms with Gasteiger partial charge in [0.15, 0.2) is 5.82 Å². The number of benzene rings is 3. The molecule has 4 aliphatic rings. The summed E-state index contributed by atoms with van der Waals surface area (Å²) in [6.07, 6.45) is -2.09. The highest BCUT2D eigenvalue weighted by atomic mass is 35.5. The Morgan fingerprint density at radius 3 is 2.36 bits per heavy atom. The molecule has 8 rings (SSSR count). The molecular weight excluding hydrogens is 696 g/mol. The molecular formula is C36H25Cl2F3N4O5. The van der Waals surface area contributed by atoms with Gasteiger partial charge in [-0.2, -0.15) is 18.2 Å². The number of hydrogen-bond acceptors (Lipinski definition) is 7. The molecule has 14 heteroatoms. The molecule has 2 aliphatic heterocycles. The fraction of sp³-hybridized carbons (Fsp3) is 0.250. The third kappa shape index (κ3) is 4.57. The van der Waals surface area contributed by atoms with Crippen molar-refractivity contribution in [2.24, 2.45) is 23.7 Å². The molecule has 9 nitrogen and oxygen atoms in total. The first kappa shape index (κ1) is 32.3. The number of carbonyl (C=O) groups excluding carboxylic acids is 4. The lowest BCUT2D eigenvalue weighted by Crippen LogP contribution is -2.53. The fourth-order valence-electron chi connectivity index (χ4n) is 8.60. The summed E-state index contributed by atoms with van der Waals surface area (Å²) in [6.45, 7) is 0. The molecule has 3 fully saturated rings. The number of phenolic OH excluding ortho intramolecular Hbond substituents is 1. The number of alkyl halides is 3. The maximum atomic E-state index is 15.3. The van der Waals surface area contributed by atoms with Gasteiger partial charge in [0.1, 0.15) is 5.75 Å². The van der Waals surface area contributed by atoms with E-state index in [-0.39, 0.29) is 24.4 Å². The summed E-state index contributed by atoms with van der Waals surface area (Å²) < 4.78 is 40.2. The normalized spacial score (nSPS) is 27.5. The van der Waals surface area contributed by atoms with Gasteiger partial charge in [-0.25, -0.2) is 4.98 Å². The summed E-state index contributed by atoms with van der Waals surface area (Å²) >= 11 is 12.5. The lowest BCUT2D eigenvalue weighted by atomic mass is 9.49. The van der Waals surface area contributed by atoms with Gasteiger partial charge in [-0.1, -0.05) is 77.3 Å². The minimum absolute atomic E-state index is 0.000230. The number of fused-ring (bicyclic) bond motifs is 5. The van der Waals surface area contributed by atoms with Gasteiger partial charge in [-0.05, 0) is 59.5 Å². The average molecular weight is 722 g/mol. The first-order chi connectivity index (χ1) is 23.8. The van der Waals surface area contributed by atoms with Crippen molar-refractivity contribution in [1.29, 1.82) is 0 Å². The van der Waals surface area contributed by atoms with Crippen LogP contribution >= 0.6 is 23.2 Å². The molecule has 2 aliphatic carbocycles. The van der Waals surface area contributed by atoms with Crippen molar-refractivity contribution in [2.45, 2.75) is 30.4 Å². The molecule has 3 aromatic carbocycles. The van der Waals surface area contributed by atoms with E-state index >= 15 is 4.79 Å². The van der Waals surface area contributed by atoms with Crippen LogP contribution in [0.15, 0.2) is 84.6 Å². The molecule has 2 saturated heterocycles. The molecule has 4 aromatic rings. The van der Waals surface area contributed by atoms with Crippen LogP contribution in [-0.2, 0) is 30.8 Å². The van der Waals surface area contributed by atoms with Gasteiger partial charge in [-0.3, -0.25) is 29.9 Å². The minimum atomic E-state index is -4.74. The number of anilines is 1. The molecule has 1 aromatic heterocycles. The first-order valence-corrected chi connectivity index (χ1v) is 16.5. The number of allylic oxidation sites excluding steroid dienone is 2.